The number of methoxy groups -OCH3 is 2. The van der Waals surface area contributed by atoms with Crippen LogP contribution in [0, 0.1) is 0 Å². The van der Waals surface area contributed by atoms with Crippen molar-refractivity contribution < 1.29 is 42.5 Å². The van der Waals surface area contributed by atoms with Gasteiger partial charge < -0.3 is 19.5 Å². The van der Waals surface area contributed by atoms with Gasteiger partial charge in [-0.15, -0.1) is 0 Å². The molecular weight excluding hydrogens is 393 g/mol. The van der Waals surface area contributed by atoms with Crippen molar-refractivity contribution in [3.63, 3.8) is 0 Å². The molecule has 1 aromatic carbocycles. The van der Waals surface area contributed by atoms with Crippen molar-refractivity contribution in [3.05, 3.63) is 17.7 Å². The summed E-state index contributed by atoms with van der Waals surface area (Å²) in [6.07, 6.45) is -1.13. The standard InChI is InChI=1S/C15H17F3N2O6S/c1-25-10-3-7(4-11(12(10)26-2)27-15(16,17)18)14(23)20-6-8(21)5-9(20)13(22)19-24/h3-4,8-9,21,24H,5-6H2,1-2H3,(H,19,22)/t8-,9+/m0/s1. The molecular formula is C15H17F3N2O6S. The van der Waals surface area contributed by atoms with E-state index < -0.39 is 46.1 Å². The molecule has 0 saturated carbocycles. The summed E-state index contributed by atoms with van der Waals surface area (Å²) >= 11 is -0.477. The number of thioether (sulfide) groups is 1. The molecule has 1 aliphatic heterocycles. The number of hydrogen-bond donors (Lipinski definition) is 3. The molecule has 2 amide bonds. The quantitative estimate of drug-likeness (QED) is 0.383. The lowest BCUT2D eigenvalue weighted by molar-refractivity contribution is -0.133. The summed E-state index contributed by atoms with van der Waals surface area (Å²) in [5, 5.41) is 18.5. The van der Waals surface area contributed by atoms with Crippen molar-refractivity contribution in [2.24, 2.45) is 0 Å². The number of ether oxygens (including phenoxy) is 2. The Kier molecular flexibility index (Phi) is 6.44. The molecule has 0 aromatic heterocycles. The fraction of sp³-hybridized carbons (Fsp3) is 0.467. The minimum atomic E-state index is -4.64. The van der Waals surface area contributed by atoms with E-state index in [9.17, 15) is 27.9 Å². The molecule has 1 aliphatic rings. The molecule has 0 bridgehead atoms. The first-order valence-electron chi connectivity index (χ1n) is 7.56. The van der Waals surface area contributed by atoms with Crippen molar-refractivity contribution in [2.45, 2.75) is 29.0 Å². The van der Waals surface area contributed by atoms with Crippen molar-refractivity contribution in [3.8, 4) is 11.5 Å². The van der Waals surface area contributed by atoms with Gasteiger partial charge in [0.25, 0.3) is 11.8 Å². The second kappa shape index (κ2) is 8.23. The number of alkyl halides is 3. The number of rotatable bonds is 5. The number of carbonyl (C=O) groups is 2. The van der Waals surface area contributed by atoms with Crippen LogP contribution in [0.25, 0.3) is 0 Å². The van der Waals surface area contributed by atoms with Crippen LogP contribution in [0.2, 0.25) is 0 Å². The molecule has 1 heterocycles. The minimum Gasteiger partial charge on any atom is -0.493 e. The van der Waals surface area contributed by atoms with Gasteiger partial charge in [0.1, 0.15) is 6.04 Å². The lowest BCUT2D eigenvalue weighted by Gasteiger charge is -2.23. The number of hydroxylamine groups is 1. The van der Waals surface area contributed by atoms with E-state index in [1.165, 1.54) is 18.7 Å². The molecule has 2 atom stereocenters. The van der Waals surface area contributed by atoms with E-state index in [1.807, 2.05) is 0 Å². The van der Waals surface area contributed by atoms with E-state index in [4.69, 9.17) is 14.7 Å². The molecule has 150 valence electrons. The minimum absolute atomic E-state index is 0.0991. The molecule has 3 N–H and O–H groups in total. The molecule has 0 radical (unpaired) electrons. The number of benzene rings is 1. The van der Waals surface area contributed by atoms with Crippen LogP contribution >= 0.6 is 11.8 Å². The normalized spacial score (nSPS) is 19.7. The van der Waals surface area contributed by atoms with Crippen molar-refractivity contribution in [2.75, 3.05) is 20.8 Å². The van der Waals surface area contributed by atoms with Gasteiger partial charge in [0.15, 0.2) is 11.5 Å². The van der Waals surface area contributed by atoms with Crippen molar-refractivity contribution in [1.82, 2.24) is 10.4 Å². The van der Waals surface area contributed by atoms with E-state index in [1.54, 1.807) is 0 Å². The highest BCUT2D eigenvalue weighted by atomic mass is 32.2. The molecule has 0 aliphatic carbocycles. The van der Waals surface area contributed by atoms with Gasteiger partial charge in [-0.3, -0.25) is 14.8 Å². The summed E-state index contributed by atoms with van der Waals surface area (Å²) in [6.45, 7) is -0.215. The van der Waals surface area contributed by atoms with Crippen LogP contribution in [0.15, 0.2) is 17.0 Å². The zero-order valence-electron chi connectivity index (χ0n) is 14.2. The first-order chi connectivity index (χ1) is 12.6. The molecule has 1 saturated heterocycles. The Morgan fingerprint density at radius 2 is 1.96 bits per heavy atom. The van der Waals surface area contributed by atoms with Crippen LogP contribution in [0.3, 0.4) is 0 Å². The highest BCUT2D eigenvalue weighted by Crippen LogP contribution is 2.46. The number of aliphatic hydroxyl groups is 1. The Labute approximate surface area is 156 Å². The summed E-state index contributed by atoms with van der Waals surface area (Å²) in [6, 6.07) is 0.991. The molecule has 1 aromatic rings. The Bertz CT molecular complexity index is 730. The number of nitrogens with one attached hydrogen (secondary N) is 1. The van der Waals surface area contributed by atoms with E-state index >= 15 is 0 Å². The van der Waals surface area contributed by atoms with Gasteiger partial charge in [-0.25, -0.2) is 5.48 Å². The molecule has 8 nitrogen and oxygen atoms in total. The summed E-state index contributed by atoms with van der Waals surface area (Å²) in [5.41, 5.74) is -3.42. The predicted octanol–water partition coefficient (Wildman–Crippen LogP) is 1.40. The monoisotopic (exact) mass is 410 g/mol. The molecule has 12 heteroatoms. The van der Waals surface area contributed by atoms with E-state index in [0.29, 0.717) is 0 Å². The fourth-order valence-electron chi connectivity index (χ4n) is 2.78. The number of amides is 2. The van der Waals surface area contributed by atoms with Gasteiger partial charge >= 0.3 is 5.51 Å². The lowest BCUT2D eigenvalue weighted by atomic mass is 10.1. The zero-order valence-corrected chi connectivity index (χ0v) is 15.1. The summed E-state index contributed by atoms with van der Waals surface area (Å²) in [7, 11) is 2.37. The van der Waals surface area contributed by atoms with Crippen LogP contribution in [0.4, 0.5) is 13.2 Å². The molecule has 0 spiro atoms. The van der Waals surface area contributed by atoms with Crippen LogP contribution in [0.1, 0.15) is 16.8 Å². The maximum absolute atomic E-state index is 12.8. The fourth-order valence-corrected chi connectivity index (χ4v) is 3.49. The van der Waals surface area contributed by atoms with Gasteiger partial charge in [-0.05, 0) is 23.9 Å². The van der Waals surface area contributed by atoms with E-state index in [2.05, 4.69) is 0 Å². The Balaban J connectivity index is 2.46. The van der Waals surface area contributed by atoms with Crippen LogP contribution in [-0.2, 0) is 4.79 Å². The van der Waals surface area contributed by atoms with Crippen molar-refractivity contribution >= 4 is 23.6 Å². The largest absolute Gasteiger partial charge is 0.493 e. The maximum atomic E-state index is 12.8. The Morgan fingerprint density at radius 1 is 1.30 bits per heavy atom. The zero-order chi connectivity index (χ0) is 20.4. The van der Waals surface area contributed by atoms with Crippen LogP contribution in [0.5, 0.6) is 11.5 Å². The number of nitrogens with zero attached hydrogens (tertiary/aromatic N) is 1. The highest BCUT2D eigenvalue weighted by Gasteiger charge is 2.40. The first kappa shape index (κ1) is 21.1. The summed E-state index contributed by atoms with van der Waals surface area (Å²) in [5.74, 6) is -2.00. The first-order valence-corrected chi connectivity index (χ1v) is 8.37. The second-order valence-electron chi connectivity index (χ2n) is 5.60. The Hall–Kier alpha value is -2.18. The number of carbonyl (C=O) groups excluding carboxylic acids is 2. The summed E-state index contributed by atoms with van der Waals surface area (Å²) < 4.78 is 48.5. The molecule has 0 unspecified atom stereocenters. The number of halogens is 3. The molecule has 2 rings (SSSR count). The van der Waals surface area contributed by atoms with Gasteiger partial charge in [0.2, 0.25) is 0 Å². The van der Waals surface area contributed by atoms with Gasteiger partial charge in [-0.2, -0.15) is 13.2 Å². The molecule has 1 fully saturated rings. The average Bonchev–Trinajstić information content (AvgIpc) is 2.99. The number of hydrogen-bond acceptors (Lipinski definition) is 7. The predicted molar refractivity (Wildman–Crippen MR) is 86.8 cm³/mol. The van der Waals surface area contributed by atoms with E-state index in [-0.39, 0.29) is 30.0 Å². The maximum Gasteiger partial charge on any atom is 0.446 e. The summed E-state index contributed by atoms with van der Waals surface area (Å²) in [4.78, 5) is 25.1. The number of aliphatic hydroxyl groups excluding tert-OH is 1. The third kappa shape index (κ3) is 4.76. The van der Waals surface area contributed by atoms with Crippen LogP contribution in [-0.4, -0.2) is 65.4 Å². The molecule has 27 heavy (non-hydrogen) atoms. The highest BCUT2D eigenvalue weighted by molar-refractivity contribution is 8.00. The third-order valence-corrected chi connectivity index (χ3v) is 4.62. The second-order valence-corrected chi connectivity index (χ2v) is 6.70. The SMILES string of the molecule is COc1cc(C(=O)N2C[C@@H](O)C[C@@H]2C(=O)NO)cc(SC(F)(F)F)c1OC. The van der Waals surface area contributed by atoms with Crippen LogP contribution < -0.4 is 15.0 Å². The average molecular weight is 410 g/mol. The number of likely N-dealkylation sites (tertiary alicyclic amines) is 1. The van der Waals surface area contributed by atoms with Crippen molar-refractivity contribution in [1.29, 1.82) is 0 Å². The Morgan fingerprint density at radius 3 is 2.48 bits per heavy atom. The van der Waals surface area contributed by atoms with Gasteiger partial charge in [0, 0.05) is 18.5 Å². The van der Waals surface area contributed by atoms with Gasteiger partial charge in [0.05, 0.1) is 25.2 Å². The van der Waals surface area contributed by atoms with Gasteiger partial charge in [-0.1, -0.05) is 0 Å². The topological polar surface area (TPSA) is 108 Å². The lowest BCUT2D eigenvalue weighted by Crippen LogP contribution is -2.45. The number of β-amino-alcohol motifs (C(OH)–C–C–N with tert-alkyl or cyclic N) is 1. The smallest absolute Gasteiger partial charge is 0.446 e. The van der Waals surface area contributed by atoms with E-state index in [0.717, 1.165) is 18.1 Å². The third-order valence-electron chi connectivity index (χ3n) is 3.87.